The number of hydrazine groups is 1. The summed E-state index contributed by atoms with van der Waals surface area (Å²) < 4.78 is 17.3. The van der Waals surface area contributed by atoms with Gasteiger partial charge in [-0.15, -0.1) is 0 Å². The van der Waals surface area contributed by atoms with Crippen LogP contribution in [-0.2, 0) is 0 Å². The number of nitrogens with two attached hydrogens (primary N) is 1. The van der Waals surface area contributed by atoms with Crippen LogP contribution in [0.15, 0.2) is 33.3 Å². The van der Waals surface area contributed by atoms with Crippen LogP contribution in [0, 0.1) is 5.82 Å². The van der Waals surface area contributed by atoms with Gasteiger partial charge in [-0.1, -0.05) is 12.1 Å². The van der Waals surface area contributed by atoms with Gasteiger partial charge in [0.25, 0.3) is 0 Å². The van der Waals surface area contributed by atoms with E-state index >= 15 is 0 Å². The number of benzene rings is 1. The fourth-order valence-electron chi connectivity index (χ4n) is 2.09. The number of nitrogens with one attached hydrogen (secondary N) is 1. The van der Waals surface area contributed by atoms with E-state index in [0.717, 1.165) is 10.2 Å². The maximum atomic E-state index is 14.3. The Morgan fingerprint density at radius 3 is 2.60 bits per heavy atom. The first-order valence-corrected chi connectivity index (χ1v) is 7.69. The molecule has 0 aliphatic heterocycles. The van der Waals surface area contributed by atoms with E-state index in [0.29, 0.717) is 10.0 Å². The van der Waals surface area contributed by atoms with E-state index in [4.69, 9.17) is 5.84 Å². The van der Waals surface area contributed by atoms with Crippen LogP contribution in [0.5, 0.6) is 0 Å². The van der Waals surface area contributed by atoms with Crippen LogP contribution < -0.4 is 11.3 Å². The highest BCUT2D eigenvalue weighted by Gasteiger charge is 2.25. The van der Waals surface area contributed by atoms with Crippen LogP contribution in [0.2, 0.25) is 0 Å². The molecule has 108 valence electrons. The van der Waals surface area contributed by atoms with E-state index in [-0.39, 0.29) is 11.9 Å². The minimum absolute atomic E-state index is 0.141. The van der Waals surface area contributed by atoms with Crippen molar-refractivity contribution >= 4 is 31.9 Å². The Hall–Kier alpha value is -0.760. The number of hydrogen-bond donors (Lipinski definition) is 2. The summed E-state index contributed by atoms with van der Waals surface area (Å²) in [4.78, 5) is 0. The van der Waals surface area contributed by atoms with Gasteiger partial charge in [0.15, 0.2) is 0 Å². The molecule has 1 aromatic carbocycles. The third kappa shape index (κ3) is 2.81. The smallest absolute Gasteiger partial charge is 0.142 e. The minimum Gasteiger partial charge on any atom is -0.271 e. The summed E-state index contributed by atoms with van der Waals surface area (Å²) in [7, 11) is 0. The molecule has 2 aromatic rings. The van der Waals surface area contributed by atoms with E-state index in [1.165, 1.54) is 0 Å². The van der Waals surface area contributed by atoms with Crippen LogP contribution in [0.25, 0.3) is 0 Å². The van der Waals surface area contributed by atoms with Gasteiger partial charge in [-0.2, -0.15) is 5.10 Å². The average Bonchev–Trinajstić information content (AvgIpc) is 2.78. The summed E-state index contributed by atoms with van der Waals surface area (Å²) >= 11 is 6.65. The van der Waals surface area contributed by atoms with Crippen LogP contribution in [-0.4, -0.2) is 9.78 Å². The summed E-state index contributed by atoms with van der Waals surface area (Å²) in [5, 5.41) is 4.30. The van der Waals surface area contributed by atoms with Crippen molar-refractivity contribution in [3.63, 3.8) is 0 Å². The molecule has 1 unspecified atom stereocenters. The van der Waals surface area contributed by atoms with E-state index in [1.54, 1.807) is 24.4 Å². The molecule has 0 aliphatic rings. The predicted octanol–water partition coefficient (Wildman–Crippen LogP) is 3.68. The highest BCUT2D eigenvalue weighted by molar-refractivity contribution is 9.10. The summed E-state index contributed by atoms with van der Waals surface area (Å²) in [5.74, 6) is 5.32. The molecule has 20 heavy (non-hydrogen) atoms. The third-order valence-corrected chi connectivity index (χ3v) is 4.23. The van der Waals surface area contributed by atoms with Gasteiger partial charge in [-0.05, 0) is 51.8 Å². The first-order chi connectivity index (χ1) is 9.47. The van der Waals surface area contributed by atoms with Crippen molar-refractivity contribution in [3.8, 4) is 0 Å². The van der Waals surface area contributed by atoms with Gasteiger partial charge < -0.3 is 0 Å². The lowest BCUT2D eigenvalue weighted by Crippen LogP contribution is -2.32. The number of hydrogen-bond acceptors (Lipinski definition) is 3. The molecule has 0 fully saturated rings. The molecule has 3 N–H and O–H groups in total. The number of aromatic nitrogens is 2. The number of halogens is 3. The Balaban J connectivity index is 2.58. The highest BCUT2D eigenvalue weighted by atomic mass is 79.9. The summed E-state index contributed by atoms with van der Waals surface area (Å²) in [6, 6.07) is 4.78. The summed E-state index contributed by atoms with van der Waals surface area (Å²) in [6.07, 6.45) is 1.69. The van der Waals surface area contributed by atoms with Crippen molar-refractivity contribution in [2.75, 3.05) is 0 Å². The van der Waals surface area contributed by atoms with E-state index < -0.39 is 6.04 Å². The van der Waals surface area contributed by atoms with Crippen molar-refractivity contribution in [3.05, 3.63) is 50.4 Å². The second-order valence-corrected chi connectivity index (χ2v) is 6.37. The molecule has 0 amide bonds. The van der Waals surface area contributed by atoms with Gasteiger partial charge in [0.05, 0.1) is 26.9 Å². The quantitative estimate of drug-likeness (QED) is 0.602. The topological polar surface area (TPSA) is 55.9 Å². The zero-order chi connectivity index (χ0) is 14.9. The SMILES string of the molecule is CC(C)n1ncc(Br)c1C(NN)c1cccc(Br)c1F. The largest absolute Gasteiger partial charge is 0.271 e. The van der Waals surface area contributed by atoms with Crippen molar-refractivity contribution in [1.29, 1.82) is 0 Å². The number of nitrogens with zero attached hydrogens (tertiary/aromatic N) is 2. The van der Waals surface area contributed by atoms with Gasteiger partial charge in [0.1, 0.15) is 5.82 Å². The lowest BCUT2D eigenvalue weighted by atomic mass is 10.0. The van der Waals surface area contributed by atoms with Crippen molar-refractivity contribution in [1.82, 2.24) is 15.2 Å². The number of rotatable bonds is 4. The molecule has 1 heterocycles. The van der Waals surface area contributed by atoms with Crippen LogP contribution in [0.4, 0.5) is 4.39 Å². The van der Waals surface area contributed by atoms with Crippen LogP contribution in [0.1, 0.15) is 37.2 Å². The molecule has 1 aromatic heterocycles. The maximum absolute atomic E-state index is 14.3. The maximum Gasteiger partial charge on any atom is 0.142 e. The molecular formula is C13H15Br2FN4. The monoisotopic (exact) mass is 404 g/mol. The fourth-order valence-corrected chi connectivity index (χ4v) is 2.98. The molecule has 1 atom stereocenters. The molecule has 2 rings (SSSR count). The molecule has 7 heteroatoms. The Labute approximate surface area is 133 Å². The lowest BCUT2D eigenvalue weighted by molar-refractivity contribution is 0.465. The molecule has 0 aliphatic carbocycles. The average molecular weight is 406 g/mol. The van der Waals surface area contributed by atoms with Gasteiger partial charge in [0, 0.05) is 11.6 Å². The minimum atomic E-state index is -0.494. The molecule has 4 nitrogen and oxygen atoms in total. The highest BCUT2D eigenvalue weighted by Crippen LogP contribution is 2.33. The van der Waals surface area contributed by atoms with Crippen molar-refractivity contribution in [2.24, 2.45) is 5.84 Å². The first-order valence-electron chi connectivity index (χ1n) is 6.10. The standard InChI is InChI=1S/C13H15Br2FN4/c1-7(2)20-13(10(15)6-18-20)12(19-17)8-4-3-5-9(14)11(8)16/h3-7,12,19H,17H2,1-2H3. The predicted molar refractivity (Wildman–Crippen MR) is 83.6 cm³/mol. The molecule has 0 saturated heterocycles. The van der Waals surface area contributed by atoms with E-state index in [1.807, 2.05) is 18.5 Å². The second-order valence-electron chi connectivity index (χ2n) is 4.66. The van der Waals surface area contributed by atoms with E-state index in [2.05, 4.69) is 42.4 Å². The van der Waals surface area contributed by atoms with Gasteiger partial charge in [0.2, 0.25) is 0 Å². The van der Waals surface area contributed by atoms with Crippen molar-refractivity contribution in [2.45, 2.75) is 25.9 Å². The van der Waals surface area contributed by atoms with Gasteiger partial charge in [-0.25, -0.2) is 9.82 Å². The fraction of sp³-hybridized carbons (Fsp3) is 0.308. The van der Waals surface area contributed by atoms with E-state index in [9.17, 15) is 4.39 Å². The third-order valence-electron chi connectivity index (χ3n) is 3.01. The zero-order valence-electron chi connectivity index (χ0n) is 11.1. The Bertz CT molecular complexity index is 612. The van der Waals surface area contributed by atoms with Crippen molar-refractivity contribution < 1.29 is 4.39 Å². The van der Waals surface area contributed by atoms with Crippen LogP contribution in [0.3, 0.4) is 0 Å². The molecular weight excluding hydrogens is 391 g/mol. The summed E-state index contributed by atoms with van der Waals surface area (Å²) in [6.45, 7) is 4.02. The Kier molecular flexibility index (Phi) is 4.95. The summed E-state index contributed by atoms with van der Waals surface area (Å²) in [5.41, 5.74) is 3.93. The normalized spacial score (nSPS) is 12.9. The van der Waals surface area contributed by atoms with Gasteiger partial charge in [-0.3, -0.25) is 10.5 Å². The first kappa shape index (κ1) is 15.6. The van der Waals surface area contributed by atoms with Crippen LogP contribution >= 0.6 is 31.9 Å². The second kappa shape index (κ2) is 6.34. The van der Waals surface area contributed by atoms with Gasteiger partial charge >= 0.3 is 0 Å². The lowest BCUT2D eigenvalue weighted by Gasteiger charge is -2.21. The Morgan fingerprint density at radius 2 is 2.00 bits per heavy atom. The molecule has 0 saturated carbocycles. The molecule has 0 bridgehead atoms. The zero-order valence-corrected chi connectivity index (χ0v) is 14.2. The molecule has 0 radical (unpaired) electrons. The molecule has 0 spiro atoms. The Morgan fingerprint density at radius 1 is 1.30 bits per heavy atom.